The largest absolute Gasteiger partial charge is 0.344 e. The van der Waals surface area contributed by atoms with E-state index in [4.69, 9.17) is 0 Å². The summed E-state index contributed by atoms with van der Waals surface area (Å²) in [6.45, 7) is 0. The maximum atomic E-state index is 0. The summed E-state index contributed by atoms with van der Waals surface area (Å²) in [5, 5.41) is 0. The Morgan fingerprint density at radius 1 is 1.00 bits per heavy atom. The summed E-state index contributed by atoms with van der Waals surface area (Å²) in [7, 11) is 0. The van der Waals surface area contributed by atoms with E-state index in [0.717, 1.165) is 0 Å². The Hall–Kier alpha value is 1.80. The Balaban J connectivity index is 0. The minimum atomic E-state index is 0. The zero-order valence-corrected chi connectivity index (χ0v) is 9.99. The monoisotopic (exact) mass is 325 g/mol. The van der Waals surface area contributed by atoms with Gasteiger partial charge in [0.05, 0.1) is 0 Å². The van der Waals surface area contributed by atoms with Crippen LogP contribution in [0.25, 0.3) is 0 Å². The molecule has 0 amide bonds. The molecule has 3 N–H and O–H groups in total. The third-order valence-electron chi connectivity index (χ3n) is 0. The van der Waals surface area contributed by atoms with Crippen molar-refractivity contribution in [1.82, 2.24) is 6.15 Å². The Morgan fingerprint density at radius 3 is 1.00 bits per heavy atom. The molecule has 0 atom stereocenters. The normalized spacial score (nSPS) is 0. The van der Waals surface area contributed by atoms with Gasteiger partial charge in [0.1, 0.15) is 0 Å². The Morgan fingerprint density at radius 2 is 1.00 bits per heavy atom. The van der Waals surface area contributed by atoms with Crippen molar-refractivity contribution < 1.29 is 19.5 Å². The number of hydrogen-bond acceptors (Lipinski definition) is 1. The van der Waals surface area contributed by atoms with E-state index in [-0.39, 0.29) is 65.3 Å². The first-order valence-corrected chi connectivity index (χ1v) is 0. The first kappa shape index (κ1) is 41.3. The predicted octanol–water partition coefficient (Wildman–Crippen LogP) is 0.200. The van der Waals surface area contributed by atoms with Crippen LogP contribution < -0.4 is 6.15 Å². The molecule has 0 aliphatic rings. The zero-order chi connectivity index (χ0) is 0. The number of halogens is 1. The second-order valence-corrected chi connectivity index (χ2v) is 0. The molecule has 0 heterocycles. The minimum absolute atomic E-state index is 0. The molecule has 0 aromatic carbocycles. The molecule has 4 heavy (non-hydrogen) atoms. The van der Waals surface area contributed by atoms with Crippen LogP contribution in [-0.2, 0) is 19.5 Å². The minimum Gasteiger partial charge on any atom is -0.344 e. The van der Waals surface area contributed by atoms with Gasteiger partial charge in [-0.3, -0.25) is 0 Å². The quantitative estimate of drug-likeness (QED) is 0.634. The molecule has 0 aromatic rings. The summed E-state index contributed by atoms with van der Waals surface area (Å²) >= 11 is 0. The molecule has 0 saturated carbocycles. The fourth-order valence-corrected chi connectivity index (χ4v) is 0. The van der Waals surface area contributed by atoms with E-state index in [1.165, 1.54) is 0 Å². The van der Waals surface area contributed by atoms with Gasteiger partial charge in [-0.25, -0.2) is 0 Å². The van der Waals surface area contributed by atoms with Crippen LogP contribution in [0, 0.1) is 0 Å². The third kappa shape index (κ3) is 9.20. The molecule has 0 saturated heterocycles. The predicted molar refractivity (Wildman–Crippen MR) is 18.0 cm³/mol. The van der Waals surface area contributed by atoms with E-state index in [9.17, 15) is 0 Å². The molecule has 0 rings (SSSR count). The second kappa shape index (κ2) is 21.4. The van der Waals surface area contributed by atoms with Gasteiger partial charge in [-0.15, -0.1) is 12.4 Å². The van der Waals surface area contributed by atoms with Crippen molar-refractivity contribution in [2.45, 2.75) is 0 Å². The van der Waals surface area contributed by atoms with Crippen molar-refractivity contribution in [2.24, 2.45) is 0 Å². The summed E-state index contributed by atoms with van der Waals surface area (Å²) in [5.74, 6) is 0. The molecule has 0 aliphatic heterocycles. The van der Waals surface area contributed by atoms with Gasteiger partial charge in [0.25, 0.3) is 0 Å². The first-order valence-electron chi connectivity index (χ1n) is 0. The van der Waals surface area contributed by atoms with Gasteiger partial charge in [-0.2, -0.15) is 0 Å². The maximum Gasteiger partial charge on any atom is 0 e. The van der Waals surface area contributed by atoms with Gasteiger partial charge >= 0.3 is 0 Å². The van der Waals surface area contributed by atoms with Crippen LogP contribution in [0.2, 0.25) is 0 Å². The molecule has 0 unspecified atom stereocenters. The fourth-order valence-electron chi connectivity index (χ4n) is 0. The van der Waals surface area contributed by atoms with Gasteiger partial charge in [0, 0.05) is 46.8 Å². The number of rotatable bonds is 0. The van der Waals surface area contributed by atoms with Crippen molar-refractivity contribution in [2.75, 3.05) is 0 Å². The fraction of sp³-hybridized carbons (Fsp3) is 0. The van der Waals surface area contributed by atoms with Crippen molar-refractivity contribution in [3.63, 3.8) is 0 Å². The molecule has 0 spiro atoms. The van der Waals surface area contributed by atoms with Crippen molar-refractivity contribution in [3.05, 3.63) is 0 Å². The molecule has 22 valence electrons. The summed E-state index contributed by atoms with van der Waals surface area (Å²) in [6, 6.07) is 0. The maximum absolute atomic E-state index is 0. The molecule has 0 aliphatic carbocycles. The number of hydrogen-bond donors (Lipinski definition) is 1. The molecule has 0 aromatic heterocycles. The average molecular weight is 326 g/mol. The SMILES string of the molecule is Cl.N.[Pb].[Zn]. The van der Waals surface area contributed by atoms with E-state index in [1.54, 1.807) is 0 Å². The smallest absolute Gasteiger partial charge is 0 e. The Labute approximate surface area is 64.8 Å². The van der Waals surface area contributed by atoms with E-state index in [0.29, 0.717) is 0 Å². The van der Waals surface area contributed by atoms with Crippen molar-refractivity contribution in [3.8, 4) is 0 Å². The van der Waals surface area contributed by atoms with E-state index in [2.05, 4.69) is 0 Å². The van der Waals surface area contributed by atoms with Crippen LogP contribution in [0.3, 0.4) is 0 Å². The van der Waals surface area contributed by atoms with E-state index in [1.807, 2.05) is 0 Å². The summed E-state index contributed by atoms with van der Waals surface area (Å²) in [6.07, 6.45) is 0. The molecule has 4 heteroatoms. The second-order valence-electron chi connectivity index (χ2n) is 0. The zero-order valence-electron chi connectivity index (χ0n) is 2.32. The summed E-state index contributed by atoms with van der Waals surface area (Å²) in [5.41, 5.74) is 0. The van der Waals surface area contributed by atoms with Crippen LogP contribution >= 0.6 is 12.4 Å². The Kier molecular flexibility index (Phi) is 221. The van der Waals surface area contributed by atoms with Crippen LogP contribution in [-0.4, -0.2) is 27.3 Å². The topological polar surface area (TPSA) is 35.0 Å². The average Bonchev–Trinajstić information content (AvgIpc) is 0. The molecule has 1 nitrogen and oxygen atoms in total. The van der Waals surface area contributed by atoms with Crippen LogP contribution in [0.4, 0.5) is 0 Å². The van der Waals surface area contributed by atoms with Crippen molar-refractivity contribution in [1.29, 1.82) is 0 Å². The standard InChI is InChI=1S/ClH.H3N.Pb.Zn/h1H;1H3;;. The first-order chi connectivity index (χ1) is 0. The molecular formula is H4ClNPbZn. The molecule has 0 bridgehead atoms. The van der Waals surface area contributed by atoms with Gasteiger partial charge in [-0.05, 0) is 0 Å². The van der Waals surface area contributed by atoms with E-state index >= 15 is 0 Å². The molecule has 4 radical (unpaired) electrons. The molecule has 0 fully saturated rings. The van der Waals surface area contributed by atoms with Gasteiger partial charge in [0.2, 0.25) is 0 Å². The van der Waals surface area contributed by atoms with Crippen LogP contribution in [0.5, 0.6) is 0 Å². The van der Waals surface area contributed by atoms with E-state index < -0.39 is 0 Å². The van der Waals surface area contributed by atoms with Gasteiger partial charge in [0.15, 0.2) is 0 Å². The Bertz CT molecular complexity index is 8.00. The van der Waals surface area contributed by atoms with Crippen LogP contribution in [0.15, 0.2) is 0 Å². The van der Waals surface area contributed by atoms with Crippen LogP contribution in [0.1, 0.15) is 0 Å². The van der Waals surface area contributed by atoms with Gasteiger partial charge < -0.3 is 6.15 Å². The third-order valence-corrected chi connectivity index (χ3v) is 0. The molecular weight excluding hydrogens is 322 g/mol. The van der Waals surface area contributed by atoms with Gasteiger partial charge in [-0.1, -0.05) is 0 Å². The summed E-state index contributed by atoms with van der Waals surface area (Å²) < 4.78 is 0. The van der Waals surface area contributed by atoms with Crippen molar-refractivity contribution >= 4 is 39.7 Å². The summed E-state index contributed by atoms with van der Waals surface area (Å²) in [4.78, 5) is 0.